The summed E-state index contributed by atoms with van der Waals surface area (Å²) in [7, 11) is -3.30. The molecule has 4 nitrogen and oxygen atoms in total. The molecule has 2 N–H and O–H groups in total. The summed E-state index contributed by atoms with van der Waals surface area (Å²) in [6.07, 6.45) is 0.250. The molecule has 0 heterocycles. The van der Waals surface area contributed by atoms with Crippen LogP contribution in [0.25, 0.3) is 0 Å². The Morgan fingerprint density at radius 3 is 1.65 bits per heavy atom. The Labute approximate surface area is 152 Å². The highest BCUT2D eigenvalue weighted by molar-refractivity contribution is 7.77. The third-order valence-corrected chi connectivity index (χ3v) is 6.88. The van der Waals surface area contributed by atoms with E-state index >= 15 is 0 Å². The fraction of sp³-hybridized carbons (Fsp3) is 0.0952. The molecule has 132 valence electrons. The third-order valence-electron chi connectivity index (χ3n) is 4.16. The second kappa shape index (κ2) is 8.13. The van der Waals surface area contributed by atoms with Gasteiger partial charge in [0.2, 0.25) is 7.29 Å². The fourth-order valence-electron chi connectivity index (χ4n) is 2.83. The minimum atomic E-state index is -3.30. The van der Waals surface area contributed by atoms with Crippen molar-refractivity contribution in [2.75, 3.05) is 0 Å². The van der Waals surface area contributed by atoms with Gasteiger partial charge in [0.25, 0.3) is 0 Å². The van der Waals surface area contributed by atoms with E-state index in [0.29, 0.717) is 10.6 Å². The SMILES string of the molecule is O=C(O)C(Cc1ccccc1)NP(=O)(c1ccccc1)c1ccccc1. The van der Waals surface area contributed by atoms with E-state index in [1.54, 1.807) is 48.5 Å². The lowest BCUT2D eigenvalue weighted by Crippen LogP contribution is -2.41. The number of hydrogen-bond donors (Lipinski definition) is 2. The Morgan fingerprint density at radius 1 is 0.808 bits per heavy atom. The van der Waals surface area contributed by atoms with Crippen molar-refractivity contribution in [2.45, 2.75) is 12.5 Å². The van der Waals surface area contributed by atoms with Gasteiger partial charge in [0, 0.05) is 10.6 Å². The van der Waals surface area contributed by atoms with Gasteiger partial charge in [0.1, 0.15) is 6.04 Å². The van der Waals surface area contributed by atoms with Crippen molar-refractivity contribution < 1.29 is 14.5 Å². The molecule has 3 aromatic rings. The molecule has 1 unspecified atom stereocenters. The van der Waals surface area contributed by atoms with Crippen molar-refractivity contribution in [3.63, 3.8) is 0 Å². The number of carboxylic acids is 1. The molecule has 0 bridgehead atoms. The molecule has 0 aromatic heterocycles. The number of nitrogens with one attached hydrogen (secondary N) is 1. The zero-order chi connectivity index (χ0) is 18.4. The summed E-state index contributed by atoms with van der Waals surface area (Å²) in [5.41, 5.74) is 0.875. The van der Waals surface area contributed by atoms with Gasteiger partial charge in [-0.1, -0.05) is 66.7 Å². The van der Waals surface area contributed by atoms with Crippen molar-refractivity contribution in [1.29, 1.82) is 0 Å². The number of benzene rings is 3. The first kappa shape index (κ1) is 18.1. The molecule has 1 atom stereocenters. The molecule has 0 saturated heterocycles. The van der Waals surface area contributed by atoms with Gasteiger partial charge in [-0.3, -0.25) is 9.36 Å². The van der Waals surface area contributed by atoms with E-state index in [-0.39, 0.29) is 6.42 Å². The molecule has 26 heavy (non-hydrogen) atoms. The molecule has 3 rings (SSSR count). The van der Waals surface area contributed by atoms with Crippen molar-refractivity contribution in [1.82, 2.24) is 5.09 Å². The highest BCUT2D eigenvalue weighted by atomic mass is 31.2. The smallest absolute Gasteiger partial charge is 0.321 e. The summed E-state index contributed by atoms with van der Waals surface area (Å²) in [6, 6.07) is 26.3. The monoisotopic (exact) mass is 365 g/mol. The molecule has 5 heteroatoms. The Morgan fingerprint density at radius 2 is 1.23 bits per heavy atom. The summed E-state index contributed by atoms with van der Waals surface area (Å²) in [4.78, 5) is 11.9. The Hall–Kier alpha value is -2.68. The van der Waals surface area contributed by atoms with Crippen LogP contribution in [0.1, 0.15) is 5.56 Å². The van der Waals surface area contributed by atoms with Crippen LogP contribution >= 0.6 is 7.29 Å². The van der Waals surface area contributed by atoms with Crippen LogP contribution in [0.5, 0.6) is 0 Å². The van der Waals surface area contributed by atoms with Crippen LogP contribution in [-0.2, 0) is 15.8 Å². The molecule has 0 spiro atoms. The van der Waals surface area contributed by atoms with Crippen LogP contribution in [0.3, 0.4) is 0 Å². The van der Waals surface area contributed by atoms with E-state index in [0.717, 1.165) is 5.56 Å². The molecule has 0 aliphatic heterocycles. The van der Waals surface area contributed by atoms with Crippen LogP contribution < -0.4 is 15.7 Å². The molecular formula is C21H20NO3P. The van der Waals surface area contributed by atoms with E-state index in [9.17, 15) is 14.5 Å². The van der Waals surface area contributed by atoms with Crippen molar-refractivity contribution in [2.24, 2.45) is 0 Å². The number of rotatable bonds is 7. The predicted molar refractivity (Wildman–Crippen MR) is 104 cm³/mol. The van der Waals surface area contributed by atoms with Crippen molar-refractivity contribution in [3.8, 4) is 0 Å². The Kier molecular flexibility index (Phi) is 5.67. The molecule has 0 saturated carbocycles. The van der Waals surface area contributed by atoms with Gasteiger partial charge in [-0.25, -0.2) is 5.09 Å². The highest BCUT2D eigenvalue weighted by Gasteiger charge is 2.32. The first-order chi connectivity index (χ1) is 12.6. The van der Waals surface area contributed by atoms with Gasteiger partial charge in [-0.05, 0) is 36.2 Å². The summed E-state index contributed by atoms with van der Waals surface area (Å²) < 4.78 is 13.9. The van der Waals surface area contributed by atoms with Crippen LogP contribution in [-0.4, -0.2) is 17.1 Å². The van der Waals surface area contributed by atoms with Gasteiger partial charge in [-0.2, -0.15) is 0 Å². The van der Waals surface area contributed by atoms with Crippen molar-refractivity contribution in [3.05, 3.63) is 96.6 Å². The largest absolute Gasteiger partial charge is 0.480 e. The Balaban J connectivity index is 1.99. The first-order valence-corrected chi connectivity index (χ1v) is 10.1. The second-order valence-electron chi connectivity index (χ2n) is 5.99. The lowest BCUT2D eigenvalue weighted by atomic mass is 10.1. The van der Waals surface area contributed by atoms with Gasteiger partial charge in [-0.15, -0.1) is 0 Å². The molecule has 0 amide bonds. The summed E-state index contributed by atoms with van der Waals surface area (Å²) in [6.45, 7) is 0. The minimum absolute atomic E-state index is 0.250. The number of carboxylic acid groups (broad SMARTS) is 1. The van der Waals surface area contributed by atoms with Gasteiger partial charge in [0.05, 0.1) is 0 Å². The quantitative estimate of drug-likeness (QED) is 0.631. The topological polar surface area (TPSA) is 66.4 Å². The summed E-state index contributed by atoms with van der Waals surface area (Å²) >= 11 is 0. The molecule has 3 aromatic carbocycles. The molecular weight excluding hydrogens is 345 g/mol. The van der Waals surface area contributed by atoms with Gasteiger partial charge in [0.15, 0.2) is 0 Å². The van der Waals surface area contributed by atoms with E-state index < -0.39 is 19.3 Å². The normalized spacial score (nSPS) is 12.5. The summed E-state index contributed by atoms with van der Waals surface area (Å²) in [5, 5.41) is 13.9. The van der Waals surface area contributed by atoms with Crippen LogP contribution in [0.15, 0.2) is 91.0 Å². The standard InChI is InChI=1S/C21H20NO3P/c23-21(24)20(16-17-10-4-1-5-11-17)22-26(25,18-12-6-2-7-13-18)19-14-8-3-9-15-19/h1-15,20H,16H2,(H,22,25)(H,23,24). The molecule has 0 radical (unpaired) electrons. The lowest BCUT2D eigenvalue weighted by molar-refractivity contribution is -0.138. The predicted octanol–water partition coefficient (Wildman–Crippen LogP) is 3.20. The van der Waals surface area contributed by atoms with E-state index in [2.05, 4.69) is 5.09 Å². The summed E-state index contributed by atoms with van der Waals surface area (Å²) in [5.74, 6) is -1.03. The number of carbonyl (C=O) groups is 1. The molecule has 0 fully saturated rings. The average Bonchev–Trinajstić information content (AvgIpc) is 2.69. The van der Waals surface area contributed by atoms with Crippen LogP contribution in [0.4, 0.5) is 0 Å². The zero-order valence-corrected chi connectivity index (χ0v) is 15.1. The van der Waals surface area contributed by atoms with E-state index in [1.165, 1.54) is 0 Å². The third kappa shape index (κ3) is 4.10. The maximum Gasteiger partial charge on any atom is 0.321 e. The van der Waals surface area contributed by atoms with Crippen LogP contribution in [0.2, 0.25) is 0 Å². The molecule has 0 aliphatic carbocycles. The minimum Gasteiger partial charge on any atom is -0.480 e. The van der Waals surface area contributed by atoms with Gasteiger partial charge < -0.3 is 5.11 Å². The van der Waals surface area contributed by atoms with E-state index in [4.69, 9.17) is 0 Å². The van der Waals surface area contributed by atoms with Crippen molar-refractivity contribution >= 4 is 23.9 Å². The number of aliphatic carboxylic acids is 1. The maximum absolute atomic E-state index is 13.9. The Bertz CT molecular complexity index is 855. The second-order valence-corrected chi connectivity index (χ2v) is 8.50. The highest BCUT2D eigenvalue weighted by Crippen LogP contribution is 2.39. The first-order valence-electron chi connectivity index (χ1n) is 8.35. The van der Waals surface area contributed by atoms with Crippen LogP contribution in [0, 0.1) is 0 Å². The zero-order valence-electron chi connectivity index (χ0n) is 14.2. The number of hydrogen-bond acceptors (Lipinski definition) is 2. The fourth-order valence-corrected chi connectivity index (χ4v) is 5.25. The van der Waals surface area contributed by atoms with E-state index in [1.807, 2.05) is 42.5 Å². The lowest BCUT2D eigenvalue weighted by Gasteiger charge is -2.25. The average molecular weight is 365 g/mol. The maximum atomic E-state index is 13.9. The van der Waals surface area contributed by atoms with Gasteiger partial charge >= 0.3 is 5.97 Å². The molecule has 0 aliphatic rings.